The Morgan fingerprint density at radius 2 is 2.20 bits per heavy atom. The minimum absolute atomic E-state index is 0.331. The van der Waals surface area contributed by atoms with E-state index in [1.807, 2.05) is 31.5 Å². The van der Waals surface area contributed by atoms with Gasteiger partial charge in [-0.1, -0.05) is 0 Å². The average Bonchev–Trinajstić information content (AvgIpc) is 2.77. The molecule has 0 saturated carbocycles. The van der Waals surface area contributed by atoms with E-state index in [2.05, 4.69) is 14.5 Å². The van der Waals surface area contributed by atoms with Gasteiger partial charge in [0.05, 0.1) is 12.0 Å². The Bertz CT molecular complexity index is 484. The van der Waals surface area contributed by atoms with Crippen molar-refractivity contribution >= 4 is 5.91 Å². The van der Waals surface area contributed by atoms with Crippen LogP contribution in [0.15, 0.2) is 12.5 Å². The zero-order chi connectivity index (χ0) is 14.1. The van der Waals surface area contributed by atoms with Crippen LogP contribution in [-0.4, -0.2) is 51.4 Å². The summed E-state index contributed by atoms with van der Waals surface area (Å²) in [4.78, 5) is 20.7. The summed E-state index contributed by atoms with van der Waals surface area (Å²) in [7, 11) is 4.04. The van der Waals surface area contributed by atoms with Crippen LogP contribution in [0.3, 0.4) is 0 Å². The standard InChI is InChI=1S/C15H24N4O/c1-17-11-16-8-13(17)10-19-7-6-14-12(9-19)4-3-5-15(20)18(14)2/h8,11-12,14H,3-7,9-10H2,1-2H3/t12-,14-/m1/s1. The second kappa shape index (κ2) is 5.56. The molecule has 2 saturated heterocycles. The van der Waals surface area contributed by atoms with Gasteiger partial charge in [0.1, 0.15) is 0 Å². The molecule has 5 nitrogen and oxygen atoms in total. The number of nitrogens with zero attached hydrogens (tertiary/aromatic N) is 4. The quantitative estimate of drug-likeness (QED) is 0.816. The van der Waals surface area contributed by atoms with Crippen LogP contribution in [0.4, 0.5) is 0 Å². The fourth-order valence-corrected chi connectivity index (χ4v) is 3.68. The van der Waals surface area contributed by atoms with E-state index < -0.39 is 0 Å². The highest BCUT2D eigenvalue weighted by molar-refractivity contribution is 5.76. The molecule has 3 rings (SSSR count). The molecular formula is C15H24N4O. The van der Waals surface area contributed by atoms with Gasteiger partial charge >= 0.3 is 0 Å². The van der Waals surface area contributed by atoms with E-state index in [0.717, 1.165) is 38.9 Å². The Kier molecular flexibility index (Phi) is 3.78. The van der Waals surface area contributed by atoms with Gasteiger partial charge in [0, 0.05) is 52.4 Å². The lowest BCUT2D eigenvalue weighted by Crippen LogP contribution is -2.50. The lowest BCUT2D eigenvalue weighted by atomic mass is 9.88. The van der Waals surface area contributed by atoms with Gasteiger partial charge in [0.2, 0.25) is 5.91 Å². The van der Waals surface area contributed by atoms with Crippen LogP contribution in [0.5, 0.6) is 0 Å². The molecule has 2 aliphatic rings. The van der Waals surface area contributed by atoms with Crippen LogP contribution >= 0.6 is 0 Å². The summed E-state index contributed by atoms with van der Waals surface area (Å²) in [5.41, 5.74) is 1.27. The summed E-state index contributed by atoms with van der Waals surface area (Å²) in [5, 5.41) is 0. The Morgan fingerprint density at radius 1 is 1.35 bits per heavy atom. The topological polar surface area (TPSA) is 41.4 Å². The second-order valence-corrected chi connectivity index (χ2v) is 6.24. The molecule has 0 aromatic carbocycles. The number of amides is 1. The predicted octanol–water partition coefficient (Wildman–Crippen LogP) is 1.25. The van der Waals surface area contributed by atoms with Gasteiger partial charge in [-0.25, -0.2) is 4.98 Å². The first-order valence-corrected chi connectivity index (χ1v) is 7.58. The third-order valence-corrected chi connectivity index (χ3v) is 4.94. The Labute approximate surface area is 120 Å². The first-order valence-electron chi connectivity index (χ1n) is 7.58. The minimum atomic E-state index is 0.331. The maximum Gasteiger partial charge on any atom is 0.222 e. The fourth-order valence-electron chi connectivity index (χ4n) is 3.68. The largest absolute Gasteiger partial charge is 0.342 e. The SMILES string of the molecule is CN1C(=O)CCC[C@@H]2CN(Cc3cncn3C)CC[C@H]21. The molecule has 3 heterocycles. The van der Waals surface area contributed by atoms with E-state index in [4.69, 9.17) is 0 Å². The summed E-state index contributed by atoms with van der Waals surface area (Å²) in [6.45, 7) is 3.15. The number of imidazole rings is 1. The summed E-state index contributed by atoms with van der Waals surface area (Å²) >= 11 is 0. The number of carbonyl (C=O) groups excluding carboxylic acids is 1. The smallest absolute Gasteiger partial charge is 0.222 e. The third kappa shape index (κ3) is 2.59. The normalized spacial score (nSPS) is 28.3. The van der Waals surface area contributed by atoms with Gasteiger partial charge in [-0.15, -0.1) is 0 Å². The summed E-state index contributed by atoms with van der Waals surface area (Å²) < 4.78 is 2.09. The van der Waals surface area contributed by atoms with Gasteiger partial charge in [0.25, 0.3) is 0 Å². The molecule has 20 heavy (non-hydrogen) atoms. The molecule has 5 heteroatoms. The van der Waals surface area contributed by atoms with Gasteiger partial charge in [-0.2, -0.15) is 0 Å². The highest BCUT2D eigenvalue weighted by Crippen LogP contribution is 2.30. The molecule has 2 atom stereocenters. The van der Waals surface area contributed by atoms with E-state index in [1.165, 1.54) is 12.1 Å². The number of rotatable bonds is 2. The molecule has 0 aliphatic carbocycles. The lowest BCUT2D eigenvalue weighted by Gasteiger charge is -2.41. The van der Waals surface area contributed by atoms with Gasteiger partial charge in [0.15, 0.2) is 0 Å². The number of aryl methyl sites for hydroxylation is 1. The summed E-state index contributed by atoms with van der Waals surface area (Å²) in [5.74, 6) is 0.964. The Morgan fingerprint density at radius 3 is 2.95 bits per heavy atom. The van der Waals surface area contributed by atoms with Crippen molar-refractivity contribution in [1.82, 2.24) is 19.4 Å². The third-order valence-electron chi connectivity index (χ3n) is 4.94. The van der Waals surface area contributed by atoms with Crippen molar-refractivity contribution in [1.29, 1.82) is 0 Å². The van der Waals surface area contributed by atoms with Crippen LogP contribution in [-0.2, 0) is 18.4 Å². The van der Waals surface area contributed by atoms with Crippen molar-refractivity contribution in [2.24, 2.45) is 13.0 Å². The van der Waals surface area contributed by atoms with Crippen LogP contribution in [0, 0.1) is 5.92 Å². The first kappa shape index (κ1) is 13.6. The number of hydrogen-bond acceptors (Lipinski definition) is 3. The Hall–Kier alpha value is -1.36. The number of hydrogen-bond donors (Lipinski definition) is 0. The van der Waals surface area contributed by atoms with E-state index in [1.54, 1.807) is 0 Å². The average molecular weight is 276 g/mol. The van der Waals surface area contributed by atoms with Crippen molar-refractivity contribution in [3.63, 3.8) is 0 Å². The van der Waals surface area contributed by atoms with Crippen LogP contribution in [0.2, 0.25) is 0 Å². The molecule has 0 unspecified atom stereocenters. The monoisotopic (exact) mass is 276 g/mol. The van der Waals surface area contributed by atoms with Crippen molar-refractivity contribution in [3.05, 3.63) is 18.2 Å². The predicted molar refractivity (Wildman–Crippen MR) is 77.0 cm³/mol. The van der Waals surface area contributed by atoms with E-state index in [0.29, 0.717) is 17.9 Å². The van der Waals surface area contributed by atoms with E-state index in [9.17, 15) is 4.79 Å². The molecule has 0 N–H and O–H groups in total. The van der Waals surface area contributed by atoms with Crippen molar-refractivity contribution in [2.75, 3.05) is 20.1 Å². The molecule has 0 radical (unpaired) electrons. The highest BCUT2D eigenvalue weighted by atomic mass is 16.2. The second-order valence-electron chi connectivity index (χ2n) is 6.24. The van der Waals surface area contributed by atoms with Crippen LogP contribution in [0.1, 0.15) is 31.4 Å². The van der Waals surface area contributed by atoms with Gasteiger partial charge in [-0.05, 0) is 25.2 Å². The minimum Gasteiger partial charge on any atom is -0.342 e. The fraction of sp³-hybridized carbons (Fsp3) is 0.733. The molecule has 0 spiro atoms. The van der Waals surface area contributed by atoms with Crippen molar-refractivity contribution < 1.29 is 4.79 Å². The molecule has 0 bridgehead atoms. The van der Waals surface area contributed by atoms with Crippen LogP contribution < -0.4 is 0 Å². The van der Waals surface area contributed by atoms with Crippen molar-refractivity contribution in [2.45, 2.75) is 38.3 Å². The maximum absolute atomic E-state index is 12.0. The maximum atomic E-state index is 12.0. The van der Waals surface area contributed by atoms with Crippen LogP contribution in [0.25, 0.3) is 0 Å². The van der Waals surface area contributed by atoms with Gasteiger partial charge in [-0.3, -0.25) is 9.69 Å². The van der Waals surface area contributed by atoms with E-state index in [-0.39, 0.29) is 0 Å². The molecule has 1 aromatic rings. The summed E-state index contributed by atoms with van der Waals surface area (Å²) in [6.07, 6.45) is 7.87. The zero-order valence-corrected chi connectivity index (χ0v) is 12.5. The van der Waals surface area contributed by atoms with Gasteiger partial charge < -0.3 is 9.47 Å². The van der Waals surface area contributed by atoms with E-state index >= 15 is 0 Å². The summed E-state index contributed by atoms with van der Waals surface area (Å²) in [6, 6.07) is 0.452. The molecule has 1 aromatic heterocycles. The lowest BCUT2D eigenvalue weighted by molar-refractivity contribution is -0.132. The van der Waals surface area contributed by atoms with Crippen molar-refractivity contribution in [3.8, 4) is 0 Å². The molecule has 2 fully saturated rings. The first-order chi connectivity index (χ1) is 9.65. The molecular weight excluding hydrogens is 252 g/mol. The molecule has 1 amide bonds. The molecule has 2 aliphatic heterocycles. The number of aromatic nitrogens is 2. The zero-order valence-electron chi connectivity index (χ0n) is 12.5. The Balaban J connectivity index is 1.66. The number of piperidine rings is 1. The number of fused-ring (bicyclic) bond motifs is 1. The number of likely N-dealkylation sites (tertiary alicyclic amines) is 2. The number of carbonyl (C=O) groups is 1. The highest BCUT2D eigenvalue weighted by Gasteiger charge is 2.35. The molecule has 110 valence electrons.